The van der Waals surface area contributed by atoms with Crippen molar-refractivity contribution in [2.24, 2.45) is 0 Å². The van der Waals surface area contributed by atoms with Gasteiger partial charge in [0.05, 0.1) is 39.0 Å². The van der Waals surface area contributed by atoms with E-state index in [2.05, 4.69) is 4.98 Å². The summed E-state index contributed by atoms with van der Waals surface area (Å²) in [5.74, 6) is -0.780. The van der Waals surface area contributed by atoms with E-state index in [1.807, 2.05) is 0 Å². The molecule has 2 aliphatic rings. The first kappa shape index (κ1) is 19.0. The zero-order valence-electron chi connectivity index (χ0n) is 16.2. The number of cyclic esters (lactones) is 1. The molecule has 0 spiro atoms. The molecule has 9 nitrogen and oxygen atoms in total. The van der Waals surface area contributed by atoms with Crippen molar-refractivity contribution in [3.63, 3.8) is 0 Å². The first-order chi connectivity index (χ1) is 13.7. The van der Waals surface area contributed by atoms with E-state index in [1.54, 1.807) is 32.1 Å². The molecule has 1 N–H and O–H groups in total. The lowest BCUT2D eigenvalue weighted by Gasteiger charge is -2.31. The SMILES string of the molecule is C/C=c1/nc2c(c/c1=C(/C)[N+](=O)[O-])Cn1c-2cc2c(c1=O)COC(=O)C2(O)CC. The Hall–Kier alpha value is -3.33. The van der Waals surface area contributed by atoms with Crippen LogP contribution in [0.15, 0.2) is 16.9 Å². The van der Waals surface area contributed by atoms with E-state index in [1.165, 1.54) is 11.5 Å². The second kappa shape index (κ2) is 6.35. The Kier molecular flexibility index (Phi) is 4.16. The number of rotatable bonds is 2. The number of esters is 1. The summed E-state index contributed by atoms with van der Waals surface area (Å²) in [5, 5.41) is 22.9. The maximum absolute atomic E-state index is 13.1. The molecule has 2 aliphatic heterocycles. The highest BCUT2D eigenvalue weighted by Gasteiger charge is 2.45. The number of ether oxygens (including phenoxy) is 1. The highest BCUT2D eigenvalue weighted by atomic mass is 16.6. The minimum absolute atomic E-state index is 0.0321. The van der Waals surface area contributed by atoms with Crippen molar-refractivity contribution in [3.8, 4) is 11.4 Å². The van der Waals surface area contributed by atoms with Crippen molar-refractivity contribution < 1.29 is 19.6 Å². The Morgan fingerprint density at radius 1 is 1.45 bits per heavy atom. The molecule has 2 aromatic heterocycles. The molecule has 2 aromatic rings. The fraction of sp³-hybridized carbons (Fsp3) is 0.350. The highest BCUT2D eigenvalue weighted by Crippen LogP contribution is 2.37. The number of hydrogen-bond donors (Lipinski definition) is 1. The molecule has 0 amide bonds. The van der Waals surface area contributed by atoms with Crippen molar-refractivity contribution in [2.75, 3.05) is 0 Å². The molecule has 0 aliphatic carbocycles. The lowest BCUT2D eigenvalue weighted by atomic mass is 9.86. The second-order valence-corrected chi connectivity index (χ2v) is 7.16. The molecule has 0 aromatic carbocycles. The number of carbonyl (C=O) groups excluding carboxylic acids is 1. The number of nitrogens with zero attached hydrogens (tertiary/aromatic N) is 3. The number of nitro groups is 1. The van der Waals surface area contributed by atoms with Crippen LogP contribution in [0.1, 0.15) is 43.9 Å². The van der Waals surface area contributed by atoms with Crippen LogP contribution in [-0.4, -0.2) is 25.6 Å². The topological polar surface area (TPSA) is 125 Å². The van der Waals surface area contributed by atoms with E-state index in [9.17, 15) is 24.8 Å². The Labute approximate surface area is 164 Å². The number of carbonyl (C=O) groups is 1. The predicted molar refractivity (Wildman–Crippen MR) is 102 cm³/mol. The Morgan fingerprint density at radius 2 is 2.17 bits per heavy atom. The highest BCUT2D eigenvalue weighted by molar-refractivity contribution is 5.84. The van der Waals surface area contributed by atoms with Gasteiger partial charge in [-0.1, -0.05) is 13.0 Å². The zero-order valence-corrected chi connectivity index (χ0v) is 16.2. The van der Waals surface area contributed by atoms with Crippen LogP contribution in [0.2, 0.25) is 0 Å². The summed E-state index contributed by atoms with van der Waals surface area (Å²) in [5.41, 5.74) is -0.167. The Morgan fingerprint density at radius 3 is 2.79 bits per heavy atom. The fourth-order valence-corrected chi connectivity index (χ4v) is 3.94. The van der Waals surface area contributed by atoms with Gasteiger partial charge in [-0.2, -0.15) is 0 Å². The van der Waals surface area contributed by atoms with E-state index >= 15 is 0 Å². The maximum atomic E-state index is 13.1. The molecule has 4 rings (SSSR count). The molecule has 9 heteroatoms. The molecule has 1 unspecified atom stereocenters. The Bertz CT molecular complexity index is 1280. The lowest BCUT2D eigenvalue weighted by molar-refractivity contribution is -0.379. The van der Waals surface area contributed by atoms with Gasteiger partial charge in [0.2, 0.25) is 0 Å². The summed E-state index contributed by atoms with van der Waals surface area (Å²) in [7, 11) is 0. The molecule has 4 heterocycles. The third kappa shape index (κ3) is 2.54. The molecule has 29 heavy (non-hydrogen) atoms. The minimum Gasteiger partial charge on any atom is -0.458 e. The van der Waals surface area contributed by atoms with Crippen molar-refractivity contribution in [3.05, 3.63) is 59.9 Å². The molecule has 0 bridgehead atoms. The van der Waals surface area contributed by atoms with Crippen LogP contribution in [0, 0.1) is 10.1 Å². The van der Waals surface area contributed by atoms with Crippen molar-refractivity contribution in [1.82, 2.24) is 9.55 Å². The lowest BCUT2D eigenvalue weighted by Crippen LogP contribution is -2.44. The second-order valence-electron chi connectivity index (χ2n) is 7.16. The number of aliphatic hydroxyl groups is 1. The summed E-state index contributed by atoms with van der Waals surface area (Å²) < 4.78 is 6.54. The quantitative estimate of drug-likeness (QED) is 0.370. The zero-order chi connectivity index (χ0) is 21.1. The van der Waals surface area contributed by atoms with E-state index in [0.717, 1.165) is 0 Å². The minimum atomic E-state index is -1.89. The van der Waals surface area contributed by atoms with Gasteiger partial charge in [-0.05, 0) is 25.5 Å². The average molecular weight is 397 g/mol. The first-order valence-corrected chi connectivity index (χ1v) is 9.21. The van der Waals surface area contributed by atoms with Gasteiger partial charge in [0.25, 0.3) is 11.3 Å². The van der Waals surface area contributed by atoms with Crippen LogP contribution in [0.5, 0.6) is 0 Å². The van der Waals surface area contributed by atoms with Crippen LogP contribution in [0.3, 0.4) is 0 Å². The normalized spacial score (nSPS) is 21.2. The number of pyridine rings is 2. The van der Waals surface area contributed by atoms with Gasteiger partial charge >= 0.3 is 5.97 Å². The van der Waals surface area contributed by atoms with Crippen molar-refractivity contribution >= 4 is 17.7 Å². The van der Waals surface area contributed by atoms with Crippen LogP contribution in [0.25, 0.3) is 23.2 Å². The number of fused-ring (bicyclic) bond motifs is 4. The van der Waals surface area contributed by atoms with Crippen LogP contribution >= 0.6 is 0 Å². The van der Waals surface area contributed by atoms with Gasteiger partial charge in [-0.25, -0.2) is 9.78 Å². The molecule has 0 fully saturated rings. The van der Waals surface area contributed by atoms with Gasteiger partial charge in [0.1, 0.15) is 6.61 Å². The van der Waals surface area contributed by atoms with Gasteiger partial charge in [-0.15, -0.1) is 0 Å². The average Bonchev–Trinajstić information content (AvgIpc) is 3.07. The van der Waals surface area contributed by atoms with Crippen molar-refractivity contribution in [2.45, 2.75) is 45.9 Å². The summed E-state index contributed by atoms with van der Waals surface area (Å²) in [6, 6.07) is 3.29. The van der Waals surface area contributed by atoms with Gasteiger partial charge in [0, 0.05) is 18.1 Å². The van der Waals surface area contributed by atoms with E-state index < -0.39 is 16.5 Å². The molecule has 0 radical (unpaired) electrons. The smallest absolute Gasteiger partial charge is 0.343 e. The Balaban J connectivity index is 2.04. The first-order valence-electron chi connectivity index (χ1n) is 9.21. The van der Waals surface area contributed by atoms with Gasteiger partial charge in [0.15, 0.2) is 5.60 Å². The van der Waals surface area contributed by atoms with Gasteiger partial charge < -0.3 is 14.4 Å². The summed E-state index contributed by atoms with van der Waals surface area (Å²) in [6.07, 6.45) is 1.73. The van der Waals surface area contributed by atoms with E-state index in [0.29, 0.717) is 27.5 Å². The van der Waals surface area contributed by atoms with Crippen molar-refractivity contribution in [1.29, 1.82) is 0 Å². The largest absolute Gasteiger partial charge is 0.458 e. The molecular formula is C20H19N3O6. The summed E-state index contributed by atoms with van der Waals surface area (Å²) in [6.45, 7) is 4.77. The molecular weight excluding hydrogens is 378 g/mol. The fourth-order valence-electron chi connectivity index (χ4n) is 3.94. The van der Waals surface area contributed by atoms with E-state index in [4.69, 9.17) is 4.74 Å². The number of hydrogen-bond acceptors (Lipinski definition) is 7. The third-order valence-electron chi connectivity index (χ3n) is 5.68. The predicted octanol–water partition coefficient (Wildman–Crippen LogP) is 0.132. The standard InChI is InChI=1S/C20H19N3O6/c1-4-15-12(10(3)23(27)28)6-11-8-22-16(17(11)21-15)7-14-13(18(22)24)9-29-19(25)20(14,26)5-2/h4,6-7,26H,5,8-9H2,1-3H3/b12-10+,15-4+. The van der Waals surface area contributed by atoms with Crippen LogP contribution in [0.4, 0.5) is 0 Å². The summed E-state index contributed by atoms with van der Waals surface area (Å²) in [4.78, 5) is 40.6. The van der Waals surface area contributed by atoms with Gasteiger partial charge in [-0.3, -0.25) is 14.9 Å². The van der Waals surface area contributed by atoms with Crippen LogP contribution in [-0.2, 0) is 28.3 Å². The monoisotopic (exact) mass is 397 g/mol. The molecule has 0 saturated heterocycles. The maximum Gasteiger partial charge on any atom is 0.343 e. The van der Waals surface area contributed by atoms with E-state index in [-0.39, 0.29) is 42.0 Å². The molecule has 150 valence electrons. The third-order valence-corrected chi connectivity index (χ3v) is 5.68. The molecule has 0 saturated carbocycles. The van der Waals surface area contributed by atoms with Crippen LogP contribution < -0.4 is 16.1 Å². The molecule has 1 atom stereocenters. The number of aromatic nitrogens is 2. The summed E-state index contributed by atoms with van der Waals surface area (Å²) >= 11 is 0.